The number of benzene rings is 1. The second-order valence-corrected chi connectivity index (χ2v) is 5.48. The number of hydrazone groups is 1. The molecule has 4 N–H and O–H groups in total. The quantitative estimate of drug-likeness (QED) is 0.254. The molecule has 8 heteroatoms. The number of hydrazine groups is 1. The second kappa shape index (κ2) is 7.16. The maximum absolute atomic E-state index is 12.0. The highest BCUT2D eigenvalue weighted by atomic mass is 32.1. The molecule has 0 bridgehead atoms. The molecular weight excluding hydrogens is 326 g/mol. The number of nitrogens with two attached hydrogens (primary N) is 1. The number of fused-ring (bicyclic) bond motifs is 1. The number of cyclic esters (lactones) is 1. The first kappa shape index (κ1) is 16.0. The maximum atomic E-state index is 12.0. The predicted octanol–water partition coefficient (Wildman–Crippen LogP) is 1.43. The molecule has 1 aliphatic rings. The fraction of sp³-hybridized carbons (Fsp3) is 0.125. The van der Waals surface area contributed by atoms with E-state index in [2.05, 4.69) is 20.9 Å². The number of ether oxygens (including phenoxy) is 1. The molecule has 2 heterocycles. The molecule has 0 aliphatic carbocycles. The Morgan fingerprint density at radius 2 is 2.17 bits per heavy atom. The van der Waals surface area contributed by atoms with Crippen molar-refractivity contribution in [2.24, 2.45) is 10.9 Å². The lowest BCUT2D eigenvalue weighted by atomic mass is 9.99. The lowest BCUT2D eigenvalue weighted by molar-refractivity contribution is 0.0400. The molecule has 122 valence electrons. The maximum Gasteiger partial charge on any atom is 0.339 e. The molecular formula is C16H15N5O2S. The van der Waals surface area contributed by atoms with E-state index >= 15 is 0 Å². The van der Waals surface area contributed by atoms with Gasteiger partial charge in [0.15, 0.2) is 0 Å². The number of hydrogen-bond donors (Lipinski definition) is 3. The van der Waals surface area contributed by atoms with E-state index in [9.17, 15) is 4.79 Å². The van der Waals surface area contributed by atoms with Crippen molar-refractivity contribution >= 4 is 29.0 Å². The zero-order valence-electron chi connectivity index (χ0n) is 12.6. The van der Waals surface area contributed by atoms with Crippen molar-refractivity contribution in [1.82, 2.24) is 15.8 Å². The predicted molar refractivity (Wildman–Crippen MR) is 93.0 cm³/mol. The van der Waals surface area contributed by atoms with Gasteiger partial charge in [0.2, 0.25) is 5.11 Å². The molecule has 0 saturated heterocycles. The van der Waals surface area contributed by atoms with Gasteiger partial charge >= 0.3 is 5.97 Å². The number of esters is 1. The average Bonchev–Trinajstić information content (AvgIpc) is 2.95. The lowest BCUT2D eigenvalue weighted by Crippen LogP contribution is -2.37. The minimum absolute atomic E-state index is 0.181. The van der Waals surface area contributed by atoms with Gasteiger partial charge in [-0.05, 0) is 24.4 Å². The number of carbonyl (C=O) groups is 1. The van der Waals surface area contributed by atoms with Gasteiger partial charge in [-0.1, -0.05) is 24.3 Å². The summed E-state index contributed by atoms with van der Waals surface area (Å²) >= 11 is 4.93. The van der Waals surface area contributed by atoms with Crippen LogP contribution in [0.2, 0.25) is 0 Å². The molecule has 24 heavy (non-hydrogen) atoms. The summed E-state index contributed by atoms with van der Waals surface area (Å²) in [6.07, 6.45) is 3.33. The first-order chi connectivity index (χ1) is 11.7. The minimum atomic E-state index is -0.408. The van der Waals surface area contributed by atoms with Crippen molar-refractivity contribution in [3.63, 3.8) is 0 Å². The van der Waals surface area contributed by atoms with Gasteiger partial charge in [0.25, 0.3) is 0 Å². The van der Waals surface area contributed by atoms with Crippen LogP contribution < -0.4 is 16.7 Å². The van der Waals surface area contributed by atoms with E-state index in [1.54, 1.807) is 24.5 Å². The van der Waals surface area contributed by atoms with Crippen molar-refractivity contribution in [3.05, 3.63) is 65.5 Å². The highest BCUT2D eigenvalue weighted by Gasteiger charge is 2.31. The van der Waals surface area contributed by atoms with E-state index < -0.39 is 6.10 Å². The smallest absolute Gasteiger partial charge is 0.339 e. The molecule has 0 spiro atoms. The largest absolute Gasteiger partial charge is 0.453 e. The van der Waals surface area contributed by atoms with Crippen molar-refractivity contribution in [2.45, 2.75) is 12.5 Å². The van der Waals surface area contributed by atoms with Crippen LogP contribution >= 0.6 is 12.2 Å². The third kappa shape index (κ3) is 3.39. The Morgan fingerprint density at radius 1 is 1.33 bits per heavy atom. The molecule has 7 nitrogen and oxygen atoms in total. The average molecular weight is 341 g/mol. The van der Waals surface area contributed by atoms with E-state index in [1.165, 1.54) is 0 Å². The molecule has 0 fully saturated rings. The fourth-order valence-corrected chi connectivity index (χ4v) is 2.50. The Bertz CT molecular complexity index is 794. The number of pyridine rings is 1. The standard InChI is InChI=1S/C16H15N5O2S/c17-19-16(24)21-20-13(10-4-3-7-18-9-10)8-14-11-5-1-2-6-12(11)15(22)23-14/h1-7,9,14H,8,17H2,(H2,19,21,24)/b20-13+/t14-/m0/s1. The molecule has 1 aromatic carbocycles. The summed E-state index contributed by atoms with van der Waals surface area (Å²) in [4.78, 5) is 16.1. The summed E-state index contributed by atoms with van der Waals surface area (Å²) in [5.74, 6) is 4.91. The van der Waals surface area contributed by atoms with Gasteiger partial charge in [0, 0.05) is 29.9 Å². The van der Waals surface area contributed by atoms with Crippen LogP contribution in [-0.2, 0) is 4.74 Å². The van der Waals surface area contributed by atoms with E-state index in [1.807, 2.05) is 24.3 Å². The molecule has 1 aromatic heterocycles. The van der Waals surface area contributed by atoms with Crippen LogP contribution in [0.15, 0.2) is 53.9 Å². The number of rotatable bonds is 4. The van der Waals surface area contributed by atoms with Crippen LogP contribution in [0.1, 0.15) is 34.0 Å². The van der Waals surface area contributed by atoms with Crippen LogP contribution in [0.5, 0.6) is 0 Å². The summed E-state index contributed by atoms with van der Waals surface area (Å²) in [6.45, 7) is 0. The van der Waals surface area contributed by atoms with Crippen LogP contribution in [0.4, 0.5) is 0 Å². The Kier molecular flexibility index (Phi) is 4.78. The zero-order valence-corrected chi connectivity index (χ0v) is 13.4. The Balaban J connectivity index is 1.88. The third-order valence-electron chi connectivity index (χ3n) is 3.57. The van der Waals surface area contributed by atoms with Gasteiger partial charge in [0.1, 0.15) is 6.10 Å². The first-order valence-electron chi connectivity index (χ1n) is 7.22. The van der Waals surface area contributed by atoms with Crippen molar-refractivity contribution in [1.29, 1.82) is 0 Å². The summed E-state index contributed by atoms with van der Waals surface area (Å²) < 4.78 is 5.48. The topological polar surface area (TPSA) is 102 Å². The van der Waals surface area contributed by atoms with Gasteiger partial charge in [-0.3, -0.25) is 15.8 Å². The summed E-state index contributed by atoms with van der Waals surface area (Å²) in [5.41, 5.74) is 7.83. The summed E-state index contributed by atoms with van der Waals surface area (Å²) in [5, 5.41) is 4.46. The number of carbonyl (C=O) groups excluding carboxylic acids is 1. The van der Waals surface area contributed by atoms with E-state index in [-0.39, 0.29) is 11.1 Å². The van der Waals surface area contributed by atoms with E-state index in [0.29, 0.717) is 17.7 Å². The normalized spacial score (nSPS) is 16.3. The molecule has 0 amide bonds. The second-order valence-electron chi connectivity index (χ2n) is 5.07. The van der Waals surface area contributed by atoms with Crippen molar-refractivity contribution in [2.75, 3.05) is 0 Å². The lowest BCUT2D eigenvalue weighted by Gasteiger charge is -2.13. The van der Waals surface area contributed by atoms with Crippen LogP contribution in [0.3, 0.4) is 0 Å². The SMILES string of the molecule is NNC(=S)N/N=C(\C[C@@H]1OC(=O)c2ccccc21)c1cccnc1. The minimum Gasteiger partial charge on any atom is -0.453 e. The van der Waals surface area contributed by atoms with E-state index in [0.717, 1.165) is 11.1 Å². The summed E-state index contributed by atoms with van der Waals surface area (Å²) in [6, 6.07) is 11.0. The number of nitrogens with zero attached hydrogens (tertiary/aromatic N) is 2. The molecule has 0 radical (unpaired) electrons. The highest BCUT2D eigenvalue weighted by molar-refractivity contribution is 7.80. The molecule has 2 aromatic rings. The Labute approximate surface area is 143 Å². The Hall–Kier alpha value is -2.84. The van der Waals surface area contributed by atoms with Gasteiger partial charge in [0.05, 0.1) is 11.3 Å². The Morgan fingerprint density at radius 3 is 2.92 bits per heavy atom. The van der Waals surface area contributed by atoms with Crippen molar-refractivity contribution < 1.29 is 9.53 Å². The first-order valence-corrected chi connectivity index (χ1v) is 7.63. The summed E-state index contributed by atoms with van der Waals surface area (Å²) in [7, 11) is 0. The van der Waals surface area contributed by atoms with Gasteiger partial charge in [-0.15, -0.1) is 0 Å². The van der Waals surface area contributed by atoms with Gasteiger partial charge in [-0.25, -0.2) is 10.6 Å². The number of aromatic nitrogens is 1. The van der Waals surface area contributed by atoms with Crippen molar-refractivity contribution in [3.8, 4) is 0 Å². The van der Waals surface area contributed by atoms with Gasteiger partial charge in [-0.2, -0.15) is 5.10 Å². The highest BCUT2D eigenvalue weighted by Crippen LogP contribution is 2.33. The van der Waals surface area contributed by atoms with Gasteiger partial charge < -0.3 is 4.74 Å². The monoisotopic (exact) mass is 341 g/mol. The molecule has 3 rings (SSSR count). The third-order valence-corrected chi connectivity index (χ3v) is 3.78. The molecule has 0 unspecified atom stereocenters. The number of nitrogens with one attached hydrogen (secondary N) is 2. The zero-order chi connectivity index (χ0) is 16.9. The molecule has 1 aliphatic heterocycles. The fourth-order valence-electron chi connectivity index (χ4n) is 2.46. The van der Waals surface area contributed by atoms with Crippen LogP contribution in [-0.4, -0.2) is 21.8 Å². The van der Waals surface area contributed by atoms with Crippen LogP contribution in [0.25, 0.3) is 0 Å². The van der Waals surface area contributed by atoms with E-state index in [4.69, 9.17) is 22.8 Å². The van der Waals surface area contributed by atoms with Crippen LogP contribution in [0, 0.1) is 0 Å². The number of thiocarbonyl (C=S) groups is 1. The molecule has 0 saturated carbocycles. The number of hydrogen-bond acceptors (Lipinski definition) is 6. The molecule has 1 atom stereocenters.